The second-order valence-corrected chi connectivity index (χ2v) is 4.74. The first-order valence-corrected chi connectivity index (χ1v) is 6.23. The molecule has 0 radical (unpaired) electrons. The van der Waals surface area contributed by atoms with Gasteiger partial charge in [-0.15, -0.1) is 0 Å². The van der Waals surface area contributed by atoms with Crippen molar-refractivity contribution in [2.24, 2.45) is 5.73 Å². The number of nitrogens with zero attached hydrogens (tertiary/aromatic N) is 1. The molecule has 1 rings (SSSR count). The highest BCUT2D eigenvalue weighted by Gasteiger charge is 2.27. The molecule has 2 nitrogen and oxygen atoms in total. The molecule has 2 heteroatoms. The highest BCUT2D eigenvalue weighted by Crippen LogP contribution is 2.27. The summed E-state index contributed by atoms with van der Waals surface area (Å²) in [6, 6.07) is 1.32. The van der Waals surface area contributed by atoms with E-state index in [1.165, 1.54) is 51.6 Å². The molecule has 1 fully saturated rings. The van der Waals surface area contributed by atoms with Crippen molar-refractivity contribution in [2.75, 3.05) is 13.1 Å². The van der Waals surface area contributed by atoms with Crippen LogP contribution in [0.2, 0.25) is 0 Å². The minimum Gasteiger partial charge on any atom is -0.328 e. The van der Waals surface area contributed by atoms with E-state index >= 15 is 0 Å². The summed E-state index contributed by atoms with van der Waals surface area (Å²) in [5.74, 6) is 0. The summed E-state index contributed by atoms with van der Waals surface area (Å²) in [4.78, 5) is 2.67. The number of rotatable bonds is 8. The van der Waals surface area contributed by atoms with Crippen LogP contribution in [0.15, 0.2) is 0 Å². The third kappa shape index (κ3) is 4.97. The van der Waals surface area contributed by atoms with Gasteiger partial charge in [-0.05, 0) is 52.1 Å². The molecule has 14 heavy (non-hydrogen) atoms. The van der Waals surface area contributed by atoms with Crippen molar-refractivity contribution in [1.82, 2.24) is 4.90 Å². The Balaban J connectivity index is 2.01. The van der Waals surface area contributed by atoms with E-state index in [4.69, 9.17) is 5.73 Å². The summed E-state index contributed by atoms with van der Waals surface area (Å²) in [6.45, 7) is 6.97. The van der Waals surface area contributed by atoms with Gasteiger partial charge in [0.05, 0.1) is 0 Å². The van der Waals surface area contributed by atoms with Gasteiger partial charge in [-0.25, -0.2) is 0 Å². The number of nitrogens with two attached hydrogens (primary N) is 1. The largest absolute Gasteiger partial charge is 0.328 e. The topological polar surface area (TPSA) is 29.3 Å². The van der Waals surface area contributed by atoms with Gasteiger partial charge in [0, 0.05) is 12.1 Å². The lowest BCUT2D eigenvalue weighted by atomic mass is 10.1. The number of unbranched alkanes of at least 4 members (excludes halogenated alkanes) is 1. The van der Waals surface area contributed by atoms with Crippen LogP contribution in [0, 0.1) is 0 Å². The van der Waals surface area contributed by atoms with Gasteiger partial charge in [0.2, 0.25) is 0 Å². The molecule has 1 atom stereocenters. The van der Waals surface area contributed by atoms with Crippen molar-refractivity contribution >= 4 is 0 Å². The third-order valence-corrected chi connectivity index (χ3v) is 2.93. The van der Waals surface area contributed by atoms with Crippen LogP contribution in [0.1, 0.15) is 52.4 Å². The molecule has 1 aliphatic carbocycles. The minimum absolute atomic E-state index is 0.385. The Morgan fingerprint density at radius 1 is 1.29 bits per heavy atom. The highest BCUT2D eigenvalue weighted by atomic mass is 15.2. The molecule has 2 N–H and O–H groups in total. The van der Waals surface area contributed by atoms with Gasteiger partial charge < -0.3 is 10.6 Å². The zero-order valence-electron chi connectivity index (χ0n) is 9.84. The summed E-state index contributed by atoms with van der Waals surface area (Å²) in [5, 5.41) is 0. The molecule has 0 saturated heterocycles. The Labute approximate surface area is 88.8 Å². The van der Waals surface area contributed by atoms with Crippen molar-refractivity contribution < 1.29 is 0 Å². The third-order valence-electron chi connectivity index (χ3n) is 2.93. The molecule has 0 aromatic rings. The Bertz CT molecular complexity index is 141. The first kappa shape index (κ1) is 12.0. The summed E-state index contributed by atoms with van der Waals surface area (Å²) < 4.78 is 0. The van der Waals surface area contributed by atoms with E-state index in [1.54, 1.807) is 0 Å². The van der Waals surface area contributed by atoms with E-state index in [0.717, 1.165) is 6.04 Å². The zero-order valence-corrected chi connectivity index (χ0v) is 9.84. The van der Waals surface area contributed by atoms with E-state index in [0.29, 0.717) is 6.04 Å². The minimum atomic E-state index is 0.385. The lowest BCUT2D eigenvalue weighted by molar-refractivity contribution is 0.257. The molecule has 0 spiro atoms. The second-order valence-electron chi connectivity index (χ2n) is 4.74. The molecule has 0 aliphatic heterocycles. The molecule has 0 aromatic carbocycles. The van der Waals surface area contributed by atoms with Crippen molar-refractivity contribution in [3.63, 3.8) is 0 Å². The quantitative estimate of drug-likeness (QED) is 0.607. The van der Waals surface area contributed by atoms with Crippen molar-refractivity contribution in [3.05, 3.63) is 0 Å². The van der Waals surface area contributed by atoms with E-state index in [-0.39, 0.29) is 0 Å². The Morgan fingerprint density at radius 2 is 2.00 bits per heavy atom. The van der Waals surface area contributed by atoms with Crippen LogP contribution in [-0.4, -0.2) is 30.1 Å². The second kappa shape index (κ2) is 6.41. The lowest BCUT2D eigenvalue weighted by Gasteiger charge is -2.21. The van der Waals surface area contributed by atoms with E-state index < -0.39 is 0 Å². The Hall–Kier alpha value is -0.0800. The molecule has 0 amide bonds. The SMILES string of the molecule is CCCN(CCCCC(C)N)C1CC1. The van der Waals surface area contributed by atoms with Gasteiger partial charge in [0.15, 0.2) is 0 Å². The van der Waals surface area contributed by atoms with E-state index in [2.05, 4.69) is 18.7 Å². The van der Waals surface area contributed by atoms with Gasteiger partial charge in [0.25, 0.3) is 0 Å². The van der Waals surface area contributed by atoms with Gasteiger partial charge in [-0.1, -0.05) is 13.3 Å². The van der Waals surface area contributed by atoms with Gasteiger partial charge in [-0.3, -0.25) is 0 Å². The molecule has 0 aromatic heterocycles. The fourth-order valence-electron chi connectivity index (χ4n) is 1.99. The van der Waals surface area contributed by atoms with Gasteiger partial charge >= 0.3 is 0 Å². The first-order chi connectivity index (χ1) is 6.74. The average molecular weight is 198 g/mol. The van der Waals surface area contributed by atoms with Crippen LogP contribution in [0.5, 0.6) is 0 Å². The van der Waals surface area contributed by atoms with Crippen LogP contribution >= 0.6 is 0 Å². The zero-order chi connectivity index (χ0) is 10.4. The summed E-state index contributed by atoms with van der Waals surface area (Å²) in [5.41, 5.74) is 5.73. The molecule has 0 heterocycles. The molecule has 1 unspecified atom stereocenters. The predicted molar refractivity (Wildman–Crippen MR) is 62.4 cm³/mol. The molecular formula is C12H26N2. The highest BCUT2D eigenvalue weighted by molar-refractivity contribution is 4.84. The normalized spacial score (nSPS) is 18.9. The Morgan fingerprint density at radius 3 is 2.50 bits per heavy atom. The molecule has 1 aliphatic rings. The molecule has 0 bridgehead atoms. The maximum absolute atomic E-state index is 5.73. The van der Waals surface area contributed by atoms with E-state index in [9.17, 15) is 0 Å². The standard InChI is InChI=1S/C12H26N2/c1-3-9-14(12-7-8-12)10-5-4-6-11(2)13/h11-12H,3-10,13H2,1-2H3. The summed E-state index contributed by atoms with van der Waals surface area (Å²) in [7, 11) is 0. The van der Waals surface area contributed by atoms with Gasteiger partial charge in [-0.2, -0.15) is 0 Å². The molecule has 84 valence electrons. The number of hydrogen-bond donors (Lipinski definition) is 1. The fraction of sp³-hybridized carbons (Fsp3) is 1.00. The smallest absolute Gasteiger partial charge is 0.00964 e. The van der Waals surface area contributed by atoms with Crippen LogP contribution < -0.4 is 5.73 Å². The van der Waals surface area contributed by atoms with Crippen molar-refractivity contribution in [3.8, 4) is 0 Å². The molecular weight excluding hydrogens is 172 g/mol. The average Bonchev–Trinajstić information content (AvgIpc) is 2.93. The maximum Gasteiger partial charge on any atom is 0.00964 e. The predicted octanol–water partition coefficient (Wildman–Crippen LogP) is 2.38. The van der Waals surface area contributed by atoms with E-state index in [1.807, 2.05) is 0 Å². The lowest BCUT2D eigenvalue weighted by Crippen LogP contribution is -2.28. The summed E-state index contributed by atoms with van der Waals surface area (Å²) >= 11 is 0. The monoisotopic (exact) mass is 198 g/mol. The number of hydrogen-bond acceptors (Lipinski definition) is 2. The maximum atomic E-state index is 5.73. The van der Waals surface area contributed by atoms with Crippen LogP contribution in [0.3, 0.4) is 0 Å². The van der Waals surface area contributed by atoms with Crippen LogP contribution in [-0.2, 0) is 0 Å². The van der Waals surface area contributed by atoms with Crippen LogP contribution in [0.25, 0.3) is 0 Å². The van der Waals surface area contributed by atoms with Crippen LogP contribution in [0.4, 0.5) is 0 Å². The van der Waals surface area contributed by atoms with Crippen molar-refractivity contribution in [2.45, 2.75) is 64.5 Å². The summed E-state index contributed by atoms with van der Waals surface area (Å²) in [6.07, 6.45) is 7.98. The van der Waals surface area contributed by atoms with Crippen molar-refractivity contribution in [1.29, 1.82) is 0 Å². The fourth-order valence-corrected chi connectivity index (χ4v) is 1.99. The molecule has 1 saturated carbocycles. The Kier molecular flexibility index (Phi) is 5.49. The first-order valence-electron chi connectivity index (χ1n) is 6.23. The van der Waals surface area contributed by atoms with Gasteiger partial charge in [0.1, 0.15) is 0 Å².